The Morgan fingerprint density at radius 1 is 1.35 bits per heavy atom. The maximum Gasteiger partial charge on any atom is 0.126 e. The minimum Gasteiger partial charge on any atom is -0.370 e. The molecule has 3 nitrogen and oxygen atoms in total. The van der Waals surface area contributed by atoms with Crippen LogP contribution in [0.25, 0.3) is 0 Å². The Hall–Kier alpha value is -1.09. The molecule has 1 fully saturated rings. The Labute approximate surface area is 123 Å². The predicted molar refractivity (Wildman–Crippen MR) is 85.8 cm³/mol. The van der Waals surface area contributed by atoms with Crippen molar-refractivity contribution in [2.75, 3.05) is 18.4 Å². The normalized spacial score (nSPS) is 27.5. The summed E-state index contributed by atoms with van der Waals surface area (Å²) in [6.07, 6.45) is 4.41. The lowest BCUT2D eigenvalue weighted by Gasteiger charge is -2.41. The molecule has 0 bridgehead atoms. The lowest BCUT2D eigenvalue weighted by Crippen LogP contribution is -2.45. The topological polar surface area (TPSA) is 28.2 Å². The molecule has 0 radical (unpaired) electrons. The van der Waals surface area contributed by atoms with E-state index in [1.807, 2.05) is 6.20 Å². The lowest BCUT2D eigenvalue weighted by atomic mass is 9.86. The van der Waals surface area contributed by atoms with Crippen molar-refractivity contribution >= 4 is 5.82 Å². The van der Waals surface area contributed by atoms with Gasteiger partial charge in [-0.2, -0.15) is 0 Å². The van der Waals surface area contributed by atoms with Crippen molar-refractivity contribution < 1.29 is 0 Å². The number of aromatic nitrogens is 1. The Kier molecular flexibility index (Phi) is 5.41. The van der Waals surface area contributed by atoms with Crippen LogP contribution in [-0.2, 0) is 6.54 Å². The summed E-state index contributed by atoms with van der Waals surface area (Å²) in [5.41, 5.74) is 1.37. The average molecular weight is 275 g/mol. The fourth-order valence-corrected chi connectivity index (χ4v) is 3.20. The summed E-state index contributed by atoms with van der Waals surface area (Å²) in [5.74, 6) is 2.61. The van der Waals surface area contributed by atoms with Crippen LogP contribution in [0.4, 0.5) is 5.82 Å². The van der Waals surface area contributed by atoms with Crippen LogP contribution in [0.2, 0.25) is 0 Å². The van der Waals surface area contributed by atoms with Gasteiger partial charge in [0.15, 0.2) is 0 Å². The Morgan fingerprint density at radius 2 is 2.15 bits per heavy atom. The summed E-state index contributed by atoms with van der Waals surface area (Å²) in [6, 6.07) is 5.02. The fourth-order valence-electron chi connectivity index (χ4n) is 3.20. The van der Waals surface area contributed by atoms with E-state index in [0.717, 1.165) is 37.2 Å². The van der Waals surface area contributed by atoms with Crippen LogP contribution in [0, 0.1) is 11.8 Å². The van der Waals surface area contributed by atoms with Gasteiger partial charge in [0.2, 0.25) is 0 Å². The van der Waals surface area contributed by atoms with Crippen molar-refractivity contribution in [1.29, 1.82) is 0 Å². The number of hydrogen-bond acceptors (Lipinski definition) is 3. The maximum absolute atomic E-state index is 4.39. The highest BCUT2D eigenvalue weighted by atomic mass is 15.2. The van der Waals surface area contributed by atoms with E-state index in [1.165, 1.54) is 18.5 Å². The van der Waals surface area contributed by atoms with Gasteiger partial charge in [-0.15, -0.1) is 0 Å². The third-order valence-corrected chi connectivity index (χ3v) is 4.49. The van der Waals surface area contributed by atoms with E-state index in [1.54, 1.807) is 0 Å². The van der Waals surface area contributed by atoms with Gasteiger partial charge >= 0.3 is 0 Å². The molecule has 1 saturated heterocycles. The van der Waals surface area contributed by atoms with Crippen molar-refractivity contribution in [3.05, 3.63) is 23.9 Å². The van der Waals surface area contributed by atoms with E-state index in [4.69, 9.17) is 0 Å². The van der Waals surface area contributed by atoms with Crippen molar-refractivity contribution in [2.24, 2.45) is 11.8 Å². The molecule has 1 N–H and O–H groups in total. The smallest absolute Gasteiger partial charge is 0.126 e. The van der Waals surface area contributed by atoms with E-state index in [-0.39, 0.29) is 0 Å². The van der Waals surface area contributed by atoms with Crippen LogP contribution >= 0.6 is 0 Å². The van der Waals surface area contributed by atoms with Gasteiger partial charge in [-0.25, -0.2) is 4.98 Å². The van der Waals surface area contributed by atoms with E-state index < -0.39 is 0 Å². The molecule has 1 aliphatic rings. The van der Waals surface area contributed by atoms with Gasteiger partial charge in [0, 0.05) is 31.9 Å². The molecule has 112 valence electrons. The zero-order chi connectivity index (χ0) is 14.5. The second-order valence-electron chi connectivity index (χ2n) is 6.46. The summed E-state index contributed by atoms with van der Waals surface area (Å²) in [5, 5.41) is 3.37. The highest BCUT2D eigenvalue weighted by Gasteiger charge is 2.28. The molecule has 3 unspecified atom stereocenters. The largest absolute Gasteiger partial charge is 0.370 e. The predicted octanol–water partition coefficient (Wildman–Crippen LogP) is 3.77. The summed E-state index contributed by atoms with van der Waals surface area (Å²) >= 11 is 0. The van der Waals surface area contributed by atoms with E-state index in [9.17, 15) is 0 Å². The molecule has 0 aromatic carbocycles. The number of nitrogens with zero attached hydrogens (tertiary/aromatic N) is 2. The molecule has 3 atom stereocenters. The van der Waals surface area contributed by atoms with E-state index >= 15 is 0 Å². The summed E-state index contributed by atoms with van der Waals surface area (Å²) in [6.45, 7) is 12.5. The average Bonchev–Trinajstić information content (AvgIpc) is 2.42. The fraction of sp³-hybridized carbons (Fsp3) is 0.706. The quantitative estimate of drug-likeness (QED) is 0.886. The second kappa shape index (κ2) is 7.07. The molecule has 0 spiro atoms. The highest BCUT2D eigenvalue weighted by molar-refractivity contribution is 5.37. The number of piperidine rings is 1. The Bertz CT molecular complexity index is 418. The number of anilines is 1. The van der Waals surface area contributed by atoms with Crippen LogP contribution in [0.1, 0.15) is 46.1 Å². The molecule has 0 saturated carbocycles. The van der Waals surface area contributed by atoms with Gasteiger partial charge in [0.1, 0.15) is 5.82 Å². The highest BCUT2D eigenvalue weighted by Crippen LogP contribution is 2.28. The lowest BCUT2D eigenvalue weighted by molar-refractivity contribution is 0.0729. The standard InChI is InChI=1S/C17H29N3/c1-5-7-18-17-10-16(6-8-19-17)12-20-11-13(2)9-14(3)15(20)4/h6,8,10,13-15H,5,7,9,11-12H2,1-4H3,(H,18,19). The van der Waals surface area contributed by atoms with Crippen LogP contribution in [0.5, 0.6) is 0 Å². The van der Waals surface area contributed by atoms with Gasteiger partial charge in [-0.1, -0.05) is 20.8 Å². The van der Waals surface area contributed by atoms with Crippen molar-refractivity contribution in [3.8, 4) is 0 Å². The first-order valence-electron chi connectivity index (χ1n) is 8.03. The van der Waals surface area contributed by atoms with Crippen molar-refractivity contribution in [1.82, 2.24) is 9.88 Å². The Morgan fingerprint density at radius 3 is 2.90 bits per heavy atom. The molecule has 2 heterocycles. The molecular weight excluding hydrogens is 246 g/mol. The van der Waals surface area contributed by atoms with Crippen LogP contribution in [-0.4, -0.2) is 29.0 Å². The van der Waals surface area contributed by atoms with Gasteiger partial charge in [-0.05, 0) is 49.3 Å². The third-order valence-electron chi connectivity index (χ3n) is 4.49. The first kappa shape index (κ1) is 15.3. The second-order valence-corrected chi connectivity index (χ2v) is 6.46. The van der Waals surface area contributed by atoms with E-state index in [0.29, 0.717) is 6.04 Å². The summed E-state index contributed by atoms with van der Waals surface area (Å²) < 4.78 is 0. The SMILES string of the molecule is CCCNc1cc(CN2CC(C)CC(C)C2C)ccn1. The number of rotatable bonds is 5. The molecular formula is C17H29N3. The Balaban J connectivity index is 2.01. The van der Waals surface area contributed by atoms with Crippen LogP contribution in [0.15, 0.2) is 18.3 Å². The monoisotopic (exact) mass is 275 g/mol. The minimum atomic E-state index is 0.673. The van der Waals surface area contributed by atoms with Crippen LogP contribution in [0.3, 0.4) is 0 Å². The molecule has 20 heavy (non-hydrogen) atoms. The van der Waals surface area contributed by atoms with Gasteiger partial charge in [0.05, 0.1) is 0 Å². The number of hydrogen-bond donors (Lipinski definition) is 1. The zero-order valence-corrected chi connectivity index (χ0v) is 13.4. The summed E-state index contributed by atoms with van der Waals surface area (Å²) in [4.78, 5) is 7.01. The molecule has 0 amide bonds. The number of likely N-dealkylation sites (tertiary alicyclic amines) is 1. The maximum atomic E-state index is 4.39. The van der Waals surface area contributed by atoms with Crippen molar-refractivity contribution in [2.45, 2.75) is 53.1 Å². The summed E-state index contributed by atoms with van der Waals surface area (Å²) in [7, 11) is 0. The molecule has 2 rings (SSSR count). The molecule has 1 aromatic heterocycles. The molecule has 0 aliphatic carbocycles. The zero-order valence-electron chi connectivity index (χ0n) is 13.4. The van der Waals surface area contributed by atoms with Gasteiger partial charge < -0.3 is 5.32 Å². The third kappa shape index (κ3) is 3.95. The van der Waals surface area contributed by atoms with Crippen LogP contribution < -0.4 is 5.32 Å². The first-order chi connectivity index (χ1) is 9.60. The molecule has 3 heteroatoms. The van der Waals surface area contributed by atoms with Crippen molar-refractivity contribution in [3.63, 3.8) is 0 Å². The van der Waals surface area contributed by atoms with Gasteiger partial charge in [-0.3, -0.25) is 4.90 Å². The van der Waals surface area contributed by atoms with Gasteiger partial charge in [0.25, 0.3) is 0 Å². The number of nitrogens with one attached hydrogen (secondary N) is 1. The van der Waals surface area contributed by atoms with E-state index in [2.05, 4.69) is 55.0 Å². The molecule has 1 aliphatic heterocycles. The minimum absolute atomic E-state index is 0.673. The first-order valence-corrected chi connectivity index (χ1v) is 8.03. The molecule has 1 aromatic rings. The number of pyridine rings is 1.